The van der Waals surface area contributed by atoms with Gasteiger partial charge in [0.2, 0.25) is 11.8 Å². The molecule has 0 saturated carbocycles. The van der Waals surface area contributed by atoms with E-state index in [-0.39, 0.29) is 24.5 Å². The minimum atomic E-state index is 0.0659. The van der Waals surface area contributed by atoms with Crippen molar-refractivity contribution in [3.05, 3.63) is 0 Å². The van der Waals surface area contributed by atoms with Crippen LogP contribution in [0.2, 0.25) is 0 Å². The molecule has 0 aromatic rings. The molecule has 2 fully saturated rings. The minimum Gasteiger partial charge on any atom is -0.370 e. The van der Waals surface area contributed by atoms with Crippen molar-refractivity contribution in [1.82, 2.24) is 9.80 Å². The first-order valence-corrected chi connectivity index (χ1v) is 6.33. The van der Waals surface area contributed by atoms with Crippen LogP contribution in [0.3, 0.4) is 0 Å². The summed E-state index contributed by atoms with van der Waals surface area (Å²) in [6.07, 6.45) is 2.51. The van der Waals surface area contributed by atoms with Crippen molar-refractivity contribution >= 4 is 11.8 Å². The molecular formula is C12H20N2O3. The van der Waals surface area contributed by atoms with Gasteiger partial charge >= 0.3 is 0 Å². The Morgan fingerprint density at radius 3 is 2.76 bits per heavy atom. The van der Waals surface area contributed by atoms with Crippen LogP contribution in [-0.4, -0.2) is 60.5 Å². The molecule has 17 heavy (non-hydrogen) atoms. The van der Waals surface area contributed by atoms with Crippen LogP contribution in [0.1, 0.15) is 26.2 Å². The summed E-state index contributed by atoms with van der Waals surface area (Å²) in [5, 5.41) is 0. The topological polar surface area (TPSA) is 49.9 Å². The highest BCUT2D eigenvalue weighted by Gasteiger charge is 2.26. The molecule has 96 valence electrons. The average Bonchev–Trinajstić information content (AvgIpc) is 2.74. The lowest BCUT2D eigenvalue weighted by atomic mass is 10.2. The van der Waals surface area contributed by atoms with E-state index in [0.717, 1.165) is 25.9 Å². The molecule has 2 heterocycles. The number of hydrogen-bond donors (Lipinski definition) is 0. The third-order valence-corrected chi connectivity index (χ3v) is 3.54. The van der Waals surface area contributed by atoms with Crippen LogP contribution in [0, 0.1) is 0 Å². The number of carbonyl (C=O) groups is 2. The van der Waals surface area contributed by atoms with Gasteiger partial charge in [0.25, 0.3) is 0 Å². The van der Waals surface area contributed by atoms with Crippen LogP contribution in [0.15, 0.2) is 0 Å². The number of likely N-dealkylation sites (tertiary alicyclic amines) is 1. The highest BCUT2D eigenvalue weighted by atomic mass is 16.5. The van der Waals surface area contributed by atoms with Crippen molar-refractivity contribution in [3.63, 3.8) is 0 Å². The fraction of sp³-hybridized carbons (Fsp3) is 0.833. The molecule has 0 N–H and O–H groups in total. The van der Waals surface area contributed by atoms with Crippen molar-refractivity contribution in [2.24, 2.45) is 0 Å². The summed E-state index contributed by atoms with van der Waals surface area (Å²) in [5.74, 6) is 0.321. The molecule has 0 spiro atoms. The zero-order valence-corrected chi connectivity index (χ0v) is 10.4. The second-order valence-electron chi connectivity index (χ2n) is 4.76. The van der Waals surface area contributed by atoms with E-state index in [9.17, 15) is 9.59 Å². The second kappa shape index (κ2) is 5.49. The fourth-order valence-corrected chi connectivity index (χ4v) is 2.42. The van der Waals surface area contributed by atoms with E-state index in [1.54, 1.807) is 0 Å². The van der Waals surface area contributed by atoms with E-state index < -0.39 is 0 Å². The predicted molar refractivity (Wildman–Crippen MR) is 62.4 cm³/mol. The standard InChI is InChI=1S/C12H20N2O3/c1-10(14-5-2-3-11(14)15)4-6-13-7-8-17-9-12(13)16/h10H,2-9H2,1H3. The first kappa shape index (κ1) is 12.4. The van der Waals surface area contributed by atoms with Crippen molar-refractivity contribution in [2.45, 2.75) is 32.2 Å². The Hall–Kier alpha value is -1.10. The molecule has 5 heteroatoms. The summed E-state index contributed by atoms with van der Waals surface area (Å²) in [6.45, 7) is 5.18. The van der Waals surface area contributed by atoms with Gasteiger partial charge in [-0.15, -0.1) is 0 Å². The van der Waals surface area contributed by atoms with Crippen molar-refractivity contribution in [2.75, 3.05) is 32.8 Å². The normalized spacial score (nSPS) is 23.4. The molecule has 0 aromatic heterocycles. The largest absolute Gasteiger partial charge is 0.370 e. The molecule has 0 aliphatic carbocycles. The number of nitrogens with zero attached hydrogens (tertiary/aromatic N) is 2. The average molecular weight is 240 g/mol. The summed E-state index contributed by atoms with van der Waals surface area (Å²) in [4.78, 5) is 26.8. The summed E-state index contributed by atoms with van der Waals surface area (Å²) < 4.78 is 5.08. The quantitative estimate of drug-likeness (QED) is 0.707. The second-order valence-corrected chi connectivity index (χ2v) is 4.76. The molecule has 0 bridgehead atoms. The van der Waals surface area contributed by atoms with Crippen LogP contribution in [0.5, 0.6) is 0 Å². The molecule has 2 aliphatic rings. The van der Waals surface area contributed by atoms with Crippen LogP contribution < -0.4 is 0 Å². The zero-order chi connectivity index (χ0) is 12.3. The van der Waals surface area contributed by atoms with Gasteiger partial charge in [-0.05, 0) is 19.8 Å². The minimum absolute atomic E-state index is 0.0659. The van der Waals surface area contributed by atoms with Gasteiger partial charge in [0.15, 0.2) is 0 Å². The van der Waals surface area contributed by atoms with Crippen LogP contribution in [0.4, 0.5) is 0 Å². The summed E-state index contributed by atoms with van der Waals surface area (Å²) >= 11 is 0. The molecule has 2 rings (SSSR count). The molecule has 0 radical (unpaired) electrons. The highest BCUT2D eigenvalue weighted by Crippen LogP contribution is 2.16. The number of carbonyl (C=O) groups excluding carboxylic acids is 2. The Morgan fingerprint density at radius 1 is 1.29 bits per heavy atom. The van der Waals surface area contributed by atoms with Gasteiger partial charge in [-0.2, -0.15) is 0 Å². The Bertz CT molecular complexity index is 306. The summed E-state index contributed by atoms with van der Waals surface area (Å²) in [5.41, 5.74) is 0. The van der Waals surface area contributed by atoms with E-state index in [1.807, 2.05) is 9.80 Å². The number of hydrogen-bond acceptors (Lipinski definition) is 3. The summed E-state index contributed by atoms with van der Waals surface area (Å²) in [6, 6.07) is 0.237. The first-order valence-electron chi connectivity index (χ1n) is 6.33. The van der Waals surface area contributed by atoms with E-state index >= 15 is 0 Å². The molecule has 5 nitrogen and oxygen atoms in total. The van der Waals surface area contributed by atoms with Gasteiger partial charge < -0.3 is 14.5 Å². The molecule has 2 saturated heterocycles. The monoisotopic (exact) mass is 240 g/mol. The summed E-state index contributed by atoms with van der Waals surface area (Å²) in [7, 11) is 0. The number of ether oxygens (including phenoxy) is 1. The van der Waals surface area contributed by atoms with E-state index in [0.29, 0.717) is 19.6 Å². The smallest absolute Gasteiger partial charge is 0.248 e. The SMILES string of the molecule is CC(CCN1CCOCC1=O)N1CCCC1=O. The third kappa shape index (κ3) is 2.97. The van der Waals surface area contributed by atoms with Crippen molar-refractivity contribution in [1.29, 1.82) is 0 Å². The zero-order valence-electron chi connectivity index (χ0n) is 10.4. The molecular weight excluding hydrogens is 220 g/mol. The van der Waals surface area contributed by atoms with E-state index in [4.69, 9.17) is 4.74 Å². The lowest BCUT2D eigenvalue weighted by molar-refractivity contribution is -0.142. The van der Waals surface area contributed by atoms with Gasteiger partial charge in [0.05, 0.1) is 6.61 Å². The van der Waals surface area contributed by atoms with E-state index in [2.05, 4.69) is 6.92 Å². The Morgan fingerprint density at radius 2 is 2.12 bits per heavy atom. The first-order chi connectivity index (χ1) is 8.18. The van der Waals surface area contributed by atoms with Crippen molar-refractivity contribution in [3.8, 4) is 0 Å². The van der Waals surface area contributed by atoms with Gasteiger partial charge in [0.1, 0.15) is 6.61 Å². The molecule has 1 atom stereocenters. The highest BCUT2D eigenvalue weighted by molar-refractivity contribution is 5.78. The van der Waals surface area contributed by atoms with Crippen LogP contribution in [0.25, 0.3) is 0 Å². The molecule has 2 aliphatic heterocycles. The Kier molecular flexibility index (Phi) is 3.99. The van der Waals surface area contributed by atoms with Gasteiger partial charge in [-0.1, -0.05) is 0 Å². The maximum Gasteiger partial charge on any atom is 0.248 e. The lowest BCUT2D eigenvalue weighted by Gasteiger charge is -2.30. The fourth-order valence-electron chi connectivity index (χ4n) is 2.42. The molecule has 2 amide bonds. The number of rotatable bonds is 4. The predicted octanol–water partition coefficient (Wildman–Crippen LogP) is 0.246. The van der Waals surface area contributed by atoms with Crippen molar-refractivity contribution < 1.29 is 14.3 Å². The number of amides is 2. The Labute approximate surface area is 102 Å². The van der Waals surface area contributed by atoms with E-state index in [1.165, 1.54) is 0 Å². The van der Waals surface area contributed by atoms with Gasteiger partial charge in [-0.3, -0.25) is 9.59 Å². The van der Waals surface area contributed by atoms with Crippen LogP contribution in [-0.2, 0) is 14.3 Å². The maximum atomic E-state index is 11.6. The molecule has 1 unspecified atom stereocenters. The maximum absolute atomic E-state index is 11.6. The van der Waals surface area contributed by atoms with Gasteiger partial charge in [-0.25, -0.2) is 0 Å². The number of morpholine rings is 1. The Balaban J connectivity index is 1.77. The van der Waals surface area contributed by atoms with Gasteiger partial charge in [0, 0.05) is 32.1 Å². The molecule has 0 aromatic carbocycles. The third-order valence-electron chi connectivity index (χ3n) is 3.54. The van der Waals surface area contributed by atoms with Crippen LogP contribution >= 0.6 is 0 Å². The lowest BCUT2D eigenvalue weighted by Crippen LogP contribution is -2.44.